The molecule has 0 unspecified atom stereocenters. The molecule has 140 valence electrons. The first-order valence-electron chi connectivity index (χ1n) is 10.2. The number of ketones is 1. The highest BCUT2D eigenvalue weighted by molar-refractivity contribution is 6.23. The Hall–Kier alpha value is -3.39. The van der Waals surface area contributed by atoms with Crippen molar-refractivity contribution in [2.75, 3.05) is 6.61 Å². The van der Waals surface area contributed by atoms with Gasteiger partial charge in [-0.25, -0.2) is 0 Å². The second-order valence-corrected chi connectivity index (χ2v) is 7.89. The second-order valence-electron chi connectivity index (χ2n) is 7.89. The van der Waals surface area contributed by atoms with Gasteiger partial charge in [-0.05, 0) is 58.4 Å². The van der Waals surface area contributed by atoms with E-state index in [2.05, 4.69) is 42.5 Å². The smallest absolute Gasteiger partial charge is 0.175 e. The minimum absolute atomic E-state index is 0.129. The molecule has 1 atom stereocenters. The first kappa shape index (κ1) is 16.6. The lowest BCUT2D eigenvalue weighted by Gasteiger charge is -2.36. The van der Waals surface area contributed by atoms with Crippen molar-refractivity contribution in [3.05, 3.63) is 107 Å². The molecule has 0 aromatic heterocycles. The van der Waals surface area contributed by atoms with E-state index >= 15 is 0 Å². The molecule has 3 aromatic rings. The van der Waals surface area contributed by atoms with Crippen molar-refractivity contribution in [3.8, 4) is 5.75 Å². The predicted octanol–water partition coefficient (Wildman–Crippen LogP) is 5.67. The minimum Gasteiger partial charge on any atom is -0.493 e. The van der Waals surface area contributed by atoms with Crippen molar-refractivity contribution < 1.29 is 9.53 Å². The van der Waals surface area contributed by atoms with E-state index in [1.165, 1.54) is 5.57 Å². The monoisotopic (exact) mass is 376 g/mol. The zero-order valence-electron chi connectivity index (χ0n) is 16.0. The molecule has 0 radical (unpaired) electrons. The van der Waals surface area contributed by atoms with E-state index in [0.717, 1.165) is 52.0 Å². The van der Waals surface area contributed by atoms with Gasteiger partial charge in [-0.2, -0.15) is 0 Å². The molecule has 3 aliphatic rings. The molecule has 29 heavy (non-hydrogen) atoms. The molecule has 3 aromatic carbocycles. The topological polar surface area (TPSA) is 26.3 Å². The quantitative estimate of drug-likeness (QED) is 0.547. The molecule has 2 nitrogen and oxygen atoms in total. The molecule has 6 rings (SSSR count). The number of rotatable bonds is 1. The zero-order valence-corrected chi connectivity index (χ0v) is 16.0. The lowest BCUT2D eigenvalue weighted by molar-refractivity contribution is -0.116. The molecule has 2 heteroatoms. The van der Waals surface area contributed by atoms with E-state index in [1.807, 2.05) is 36.4 Å². The molecule has 0 N–H and O–H groups in total. The van der Waals surface area contributed by atoms with Crippen molar-refractivity contribution in [2.24, 2.45) is 0 Å². The van der Waals surface area contributed by atoms with Crippen LogP contribution in [0.15, 0.2) is 78.9 Å². The zero-order chi connectivity index (χ0) is 19.4. The fourth-order valence-corrected chi connectivity index (χ4v) is 5.38. The van der Waals surface area contributed by atoms with Gasteiger partial charge in [-0.3, -0.25) is 4.79 Å². The summed E-state index contributed by atoms with van der Waals surface area (Å²) in [6, 6.07) is 24.9. The summed E-state index contributed by atoms with van der Waals surface area (Å²) < 4.78 is 6.12. The van der Waals surface area contributed by atoms with E-state index in [-0.39, 0.29) is 5.78 Å². The molecule has 0 fully saturated rings. The summed E-state index contributed by atoms with van der Waals surface area (Å²) in [6.45, 7) is 0.708. The Morgan fingerprint density at radius 3 is 2.48 bits per heavy atom. The summed E-state index contributed by atoms with van der Waals surface area (Å²) in [6.07, 6.45) is 5.57. The number of benzene rings is 3. The van der Waals surface area contributed by atoms with Crippen LogP contribution < -0.4 is 4.74 Å². The number of carbonyl (C=O) groups excluding carboxylic acids is 1. The van der Waals surface area contributed by atoms with Gasteiger partial charge in [0.25, 0.3) is 0 Å². The molecule has 1 heterocycles. The van der Waals surface area contributed by atoms with E-state index in [4.69, 9.17) is 4.74 Å². The maximum absolute atomic E-state index is 13.8. The summed E-state index contributed by atoms with van der Waals surface area (Å²) >= 11 is 0. The number of carbonyl (C=O) groups is 1. The highest BCUT2D eigenvalue weighted by Crippen LogP contribution is 2.60. The molecular formula is C27H20O2. The molecule has 2 aliphatic carbocycles. The van der Waals surface area contributed by atoms with Crippen LogP contribution in [0.1, 0.15) is 40.7 Å². The van der Waals surface area contributed by atoms with Crippen LogP contribution in [0.25, 0.3) is 17.2 Å². The summed E-state index contributed by atoms with van der Waals surface area (Å²) in [7, 11) is 0. The van der Waals surface area contributed by atoms with Crippen LogP contribution in [0.2, 0.25) is 0 Å². The van der Waals surface area contributed by atoms with E-state index in [9.17, 15) is 4.79 Å². The standard InChI is InChI=1S/C27H20O2/c28-24-16-15-18-8-4-5-12-21(18)27(24)22-13-6-14-23-25(22)20(11-7-17-29-23)26(27)19-9-2-1-3-10-19/h1-6,8-10,12-16H,7,11,17H2/t27-/m0/s1. The van der Waals surface area contributed by atoms with Crippen molar-refractivity contribution in [2.45, 2.75) is 18.3 Å². The Bertz CT molecular complexity index is 1220. The molecular weight excluding hydrogens is 356 g/mol. The average molecular weight is 376 g/mol. The molecule has 0 saturated heterocycles. The number of fused-ring (bicyclic) bond motifs is 3. The number of hydrogen-bond donors (Lipinski definition) is 0. The van der Waals surface area contributed by atoms with Crippen LogP contribution in [-0.2, 0) is 10.2 Å². The Balaban J connectivity index is 1.81. The van der Waals surface area contributed by atoms with Gasteiger partial charge in [0.05, 0.1) is 6.61 Å². The van der Waals surface area contributed by atoms with Crippen LogP contribution in [-0.4, -0.2) is 12.4 Å². The molecule has 0 saturated carbocycles. The van der Waals surface area contributed by atoms with Gasteiger partial charge < -0.3 is 4.74 Å². The maximum Gasteiger partial charge on any atom is 0.175 e. The number of ether oxygens (including phenoxy) is 1. The first-order chi connectivity index (χ1) is 14.3. The fourth-order valence-electron chi connectivity index (χ4n) is 5.38. The van der Waals surface area contributed by atoms with Crippen LogP contribution in [0.5, 0.6) is 5.75 Å². The Morgan fingerprint density at radius 1 is 0.793 bits per heavy atom. The molecule has 1 aliphatic heterocycles. The van der Waals surface area contributed by atoms with Crippen LogP contribution in [0.4, 0.5) is 0 Å². The Morgan fingerprint density at radius 2 is 1.59 bits per heavy atom. The molecule has 1 spiro atoms. The van der Waals surface area contributed by atoms with Gasteiger partial charge in [0.15, 0.2) is 5.78 Å². The minimum atomic E-state index is -0.811. The van der Waals surface area contributed by atoms with Gasteiger partial charge >= 0.3 is 0 Å². The molecule has 0 bridgehead atoms. The third kappa shape index (κ3) is 2.09. The van der Waals surface area contributed by atoms with Crippen LogP contribution >= 0.6 is 0 Å². The van der Waals surface area contributed by atoms with E-state index < -0.39 is 5.41 Å². The normalized spacial score (nSPS) is 21.6. The van der Waals surface area contributed by atoms with Crippen molar-refractivity contribution in [1.82, 2.24) is 0 Å². The van der Waals surface area contributed by atoms with Crippen molar-refractivity contribution in [1.29, 1.82) is 0 Å². The van der Waals surface area contributed by atoms with Crippen molar-refractivity contribution in [3.63, 3.8) is 0 Å². The largest absolute Gasteiger partial charge is 0.493 e. The van der Waals surface area contributed by atoms with Crippen molar-refractivity contribution >= 4 is 23.0 Å². The molecule has 0 amide bonds. The SMILES string of the molecule is O=C1C=Cc2ccccc2[C@@]12C(c1ccccc1)=C1CCCOc3cccc2c31. The first-order valence-corrected chi connectivity index (χ1v) is 10.2. The Labute approximate surface area is 170 Å². The number of hydrogen-bond acceptors (Lipinski definition) is 2. The second kappa shape index (κ2) is 6.05. The highest BCUT2D eigenvalue weighted by atomic mass is 16.5. The summed E-state index contributed by atoms with van der Waals surface area (Å²) in [5, 5.41) is 0. The summed E-state index contributed by atoms with van der Waals surface area (Å²) in [5.41, 5.74) is 7.07. The lowest BCUT2D eigenvalue weighted by atomic mass is 9.63. The third-order valence-corrected chi connectivity index (χ3v) is 6.45. The average Bonchev–Trinajstić information content (AvgIpc) is 2.90. The van der Waals surface area contributed by atoms with Gasteiger partial charge in [-0.1, -0.05) is 72.8 Å². The van der Waals surface area contributed by atoms with Crippen LogP contribution in [0, 0.1) is 0 Å². The number of allylic oxidation sites excluding steroid dienone is 3. The maximum atomic E-state index is 13.8. The highest BCUT2D eigenvalue weighted by Gasteiger charge is 2.54. The summed E-state index contributed by atoms with van der Waals surface area (Å²) in [4.78, 5) is 13.8. The van der Waals surface area contributed by atoms with Gasteiger partial charge in [0.1, 0.15) is 11.2 Å². The van der Waals surface area contributed by atoms with Gasteiger partial charge in [-0.15, -0.1) is 0 Å². The lowest BCUT2D eigenvalue weighted by Crippen LogP contribution is -2.38. The van der Waals surface area contributed by atoms with E-state index in [0.29, 0.717) is 6.61 Å². The fraction of sp³-hybridized carbons (Fsp3) is 0.148. The van der Waals surface area contributed by atoms with Gasteiger partial charge in [0.2, 0.25) is 0 Å². The Kier molecular flexibility index (Phi) is 3.45. The third-order valence-electron chi connectivity index (χ3n) is 6.45. The van der Waals surface area contributed by atoms with Gasteiger partial charge in [0, 0.05) is 5.56 Å². The predicted molar refractivity (Wildman–Crippen MR) is 116 cm³/mol. The van der Waals surface area contributed by atoms with Crippen LogP contribution in [0.3, 0.4) is 0 Å². The van der Waals surface area contributed by atoms with E-state index in [1.54, 1.807) is 6.08 Å². The summed E-state index contributed by atoms with van der Waals surface area (Å²) in [5.74, 6) is 1.03.